The molecule has 0 aromatic carbocycles. The van der Waals surface area contributed by atoms with Gasteiger partial charge in [0.1, 0.15) is 5.82 Å². The van der Waals surface area contributed by atoms with Crippen molar-refractivity contribution >= 4 is 0 Å². The van der Waals surface area contributed by atoms with Crippen LogP contribution in [0.1, 0.15) is 49.4 Å². The molecule has 0 amide bonds. The highest BCUT2D eigenvalue weighted by Gasteiger charge is 2.26. The van der Waals surface area contributed by atoms with E-state index in [1.54, 1.807) is 29.2 Å². The van der Waals surface area contributed by atoms with E-state index < -0.39 is 0 Å². The van der Waals surface area contributed by atoms with Gasteiger partial charge in [0.05, 0.1) is 12.2 Å². The van der Waals surface area contributed by atoms with Crippen LogP contribution in [0.5, 0.6) is 0 Å². The molecule has 1 saturated carbocycles. The third kappa shape index (κ3) is 4.03. The van der Waals surface area contributed by atoms with Crippen LogP contribution >= 0.6 is 0 Å². The molecule has 5 rings (SSSR count). The second-order valence-electron chi connectivity index (χ2n) is 8.32. The molecule has 2 fully saturated rings. The summed E-state index contributed by atoms with van der Waals surface area (Å²) < 4.78 is 1.61. The van der Waals surface area contributed by atoms with E-state index in [1.807, 2.05) is 24.5 Å². The van der Waals surface area contributed by atoms with Crippen molar-refractivity contribution in [1.82, 2.24) is 29.6 Å². The van der Waals surface area contributed by atoms with Crippen LogP contribution in [-0.2, 0) is 13.1 Å². The molecule has 7 heteroatoms. The predicted octanol–water partition coefficient (Wildman–Crippen LogP) is 3.03. The van der Waals surface area contributed by atoms with Crippen molar-refractivity contribution in [2.24, 2.45) is 0 Å². The van der Waals surface area contributed by atoms with Gasteiger partial charge in [-0.05, 0) is 50.4 Å². The summed E-state index contributed by atoms with van der Waals surface area (Å²) in [6.45, 7) is 2.43. The first-order valence-corrected chi connectivity index (χ1v) is 10.8. The standard InChI is InChI=1S/C23H26N6O/c30-22-7-6-21(18-8-10-24-11-9-18)27-29(22)16-20-5-2-12-28(20)15-17-13-25-23(26-14-17)19-3-1-4-19/h6-11,13-14,19-20H,1-5,12,15-16H2. The highest BCUT2D eigenvalue weighted by atomic mass is 16.1. The van der Waals surface area contributed by atoms with Gasteiger partial charge >= 0.3 is 0 Å². The Kier molecular flexibility index (Phi) is 5.36. The summed E-state index contributed by atoms with van der Waals surface area (Å²) in [7, 11) is 0. The molecule has 0 bridgehead atoms. The van der Waals surface area contributed by atoms with Crippen molar-refractivity contribution < 1.29 is 0 Å². The molecule has 154 valence electrons. The molecule has 0 N–H and O–H groups in total. The lowest BCUT2D eigenvalue weighted by atomic mass is 9.85. The van der Waals surface area contributed by atoms with Gasteiger partial charge in [0, 0.05) is 60.5 Å². The van der Waals surface area contributed by atoms with Crippen LogP contribution in [0.15, 0.2) is 53.8 Å². The minimum absolute atomic E-state index is 0.0622. The van der Waals surface area contributed by atoms with Gasteiger partial charge in [0.15, 0.2) is 0 Å². The summed E-state index contributed by atoms with van der Waals surface area (Å²) in [5, 5.41) is 4.62. The number of aromatic nitrogens is 5. The van der Waals surface area contributed by atoms with Crippen molar-refractivity contribution in [3.05, 3.63) is 70.8 Å². The molecule has 1 saturated heterocycles. The van der Waals surface area contributed by atoms with Crippen LogP contribution in [0.2, 0.25) is 0 Å². The minimum Gasteiger partial charge on any atom is -0.294 e. The normalized spacial score (nSPS) is 19.7. The van der Waals surface area contributed by atoms with Gasteiger partial charge in [0.2, 0.25) is 0 Å². The Balaban J connectivity index is 1.29. The fraction of sp³-hybridized carbons (Fsp3) is 0.435. The number of pyridine rings is 1. The highest BCUT2D eigenvalue weighted by molar-refractivity contribution is 5.56. The Morgan fingerprint density at radius 1 is 0.967 bits per heavy atom. The smallest absolute Gasteiger partial charge is 0.266 e. The van der Waals surface area contributed by atoms with Crippen LogP contribution in [-0.4, -0.2) is 42.2 Å². The van der Waals surface area contributed by atoms with Crippen LogP contribution in [0, 0.1) is 0 Å². The Labute approximate surface area is 175 Å². The molecule has 3 aromatic heterocycles. The van der Waals surface area contributed by atoms with Gasteiger partial charge in [-0.15, -0.1) is 0 Å². The second kappa shape index (κ2) is 8.44. The van der Waals surface area contributed by atoms with E-state index in [-0.39, 0.29) is 11.6 Å². The van der Waals surface area contributed by atoms with Gasteiger partial charge in [-0.25, -0.2) is 14.6 Å². The zero-order chi connectivity index (χ0) is 20.3. The second-order valence-corrected chi connectivity index (χ2v) is 8.32. The average Bonchev–Trinajstić information content (AvgIpc) is 3.17. The molecule has 7 nitrogen and oxygen atoms in total. The Morgan fingerprint density at radius 2 is 1.77 bits per heavy atom. The maximum atomic E-state index is 12.4. The van der Waals surface area contributed by atoms with Crippen molar-refractivity contribution in [2.75, 3.05) is 6.54 Å². The predicted molar refractivity (Wildman–Crippen MR) is 114 cm³/mol. The molecule has 0 spiro atoms. The summed E-state index contributed by atoms with van der Waals surface area (Å²) in [5.41, 5.74) is 2.83. The molecule has 0 radical (unpaired) electrons. The van der Waals surface area contributed by atoms with E-state index in [2.05, 4.69) is 25.0 Å². The zero-order valence-electron chi connectivity index (χ0n) is 17.0. The maximum Gasteiger partial charge on any atom is 0.266 e. The van der Waals surface area contributed by atoms with Crippen molar-refractivity contribution in [1.29, 1.82) is 0 Å². The topological polar surface area (TPSA) is 76.8 Å². The molecule has 2 aliphatic rings. The molecule has 1 unspecified atom stereocenters. The lowest BCUT2D eigenvalue weighted by Crippen LogP contribution is -2.36. The summed E-state index contributed by atoms with van der Waals surface area (Å²) in [4.78, 5) is 28.1. The van der Waals surface area contributed by atoms with Crippen LogP contribution in [0.4, 0.5) is 0 Å². The fourth-order valence-electron chi connectivity index (χ4n) is 4.32. The Bertz CT molecular complexity index is 1050. The van der Waals surface area contributed by atoms with E-state index >= 15 is 0 Å². The van der Waals surface area contributed by atoms with E-state index in [0.717, 1.165) is 48.6 Å². The molecule has 1 aliphatic heterocycles. The van der Waals surface area contributed by atoms with Crippen molar-refractivity contribution in [3.8, 4) is 11.3 Å². The van der Waals surface area contributed by atoms with Gasteiger partial charge in [-0.2, -0.15) is 5.10 Å². The first kappa shape index (κ1) is 19.1. The van der Waals surface area contributed by atoms with Crippen LogP contribution < -0.4 is 5.56 Å². The van der Waals surface area contributed by atoms with Gasteiger partial charge in [-0.1, -0.05) is 6.42 Å². The molecule has 1 aliphatic carbocycles. The molecule has 4 heterocycles. The molecular weight excluding hydrogens is 376 g/mol. The van der Waals surface area contributed by atoms with Crippen molar-refractivity contribution in [3.63, 3.8) is 0 Å². The van der Waals surface area contributed by atoms with Gasteiger partial charge in [-0.3, -0.25) is 14.7 Å². The number of likely N-dealkylation sites (tertiary alicyclic amines) is 1. The summed E-state index contributed by atoms with van der Waals surface area (Å²) in [5.74, 6) is 1.55. The SMILES string of the molecule is O=c1ccc(-c2ccncc2)nn1CC1CCCN1Cc1cnc(C2CCC2)nc1. The largest absolute Gasteiger partial charge is 0.294 e. The first-order chi connectivity index (χ1) is 14.8. The third-order valence-electron chi connectivity index (χ3n) is 6.31. The average molecular weight is 403 g/mol. The van der Waals surface area contributed by atoms with Gasteiger partial charge < -0.3 is 0 Å². The molecule has 1 atom stereocenters. The fourth-order valence-corrected chi connectivity index (χ4v) is 4.32. The molecular formula is C23H26N6O. The maximum absolute atomic E-state index is 12.4. The highest BCUT2D eigenvalue weighted by Crippen LogP contribution is 2.34. The first-order valence-electron chi connectivity index (χ1n) is 10.8. The summed E-state index contributed by atoms with van der Waals surface area (Å²) in [6, 6.07) is 7.49. The third-order valence-corrected chi connectivity index (χ3v) is 6.31. The van der Waals surface area contributed by atoms with Crippen molar-refractivity contribution in [2.45, 2.75) is 57.2 Å². The Hall–Kier alpha value is -2.93. The van der Waals surface area contributed by atoms with E-state index in [0.29, 0.717) is 12.5 Å². The quantitative estimate of drug-likeness (QED) is 0.631. The lowest BCUT2D eigenvalue weighted by molar-refractivity contribution is 0.216. The minimum atomic E-state index is -0.0622. The van der Waals surface area contributed by atoms with Gasteiger partial charge in [0.25, 0.3) is 5.56 Å². The van der Waals surface area contributed by atoms with E-state index in [1.165, 1.54) is 19.3 Å². The number of rotatable bonds is 6. The number of hydrogen-bond acceptors (Lipinski definition) is 6. The Morgan fingerprint density at radius 3 is 2.50 bits per heavy atom. The molecule has 30 heavy (non-hydrogen) atoms. The monoisotopic (exact) mass is 402 g/mol. The zero-order valence-corrected chi connectivity index (χ0v) is 17.0. The molecule has 3 aromatic rings. The van der Waals surface area contributed by atoms with Crippen LogP contribution in [0.3, 0.4) is 0 Å². The van der Waals surface area contributed by atoms with Crippen LogP contribution in [0.25, 0.3) is 11.3 Å². The van der Waals surface area contributed by atoms with E-state index in [9.17, 15) is 4.79 Å². The summed E-state index contributed by atoms with van der Waals surface area (Å²) >= 11 is 0. The number of hydrogen-bond donors (Lipinski definition) is 0. The van der Waals surface area contributed by atoms with E-state index in [4.69, 9.17) is 0 Å². The number of nitrogens with zero attached hydrogens (tertiary/aromatic N) is 6. The lowest BCUT2D eigenvalue weighted by Gasteiger charge is -2.26. The summed E-state index contributed by atoms with van der Waals surface area (Å²) in [6.07, 6.45) is 13.4.